The Kier molecular flexibility index (Phi) is 5.65. The summed E-state index contributed by atoms with van der Waals surface area (Å²) >= 11 is 6.34. The van der Waals surface area contributed by atoms with Gasteiger partial charge in [-0.15, -0.1) is 0 Å². The summed E-state index contributed by atoms with van der Waals surface area (Å²) in [6.07, 6.45) is 4.61. The van der Waals surface area contributed by atoms with Gasteiger partial charge in [0, 0.05) is 32.5 Å². The number of para-hydroxylation sites is 1. The van der Waals surface area contributed by atoms with Crippen molar-refractivity contribution in [1.29, 1.82) is 0 Å². The summed E-state index contributed by atoms with van der Waals surface area (Å²) in [6.45, 7) is 7.52. The maximum atomic E-state index is 12.4. The minimum absolute atomic E-state index is 0.359. The molecule has 0 heterocycles. The monoisotopic (exact) mass is 418 g/mol. The molecule has 0 unspecified atom stereocenters. The van der Waals surface area contributed by atoms with Crippen LogP contribution in [0.4, 0.5) is 0 Å². The Hall–Kier alpha value is -3.04. The quantitative estimate of drug-likeness (QED) is 0.190. The molecule has 152 valence electrons. The van der Waals surface area contributed by atoms with E-state index < -0.39 is 5.97 Å². The molecule has 0 spiro atoms. The Morgan fingerprint density at radius 3 is 2.53 bits per heavy atom. The number of ether oxygens (including phenoxy) is 2. The molecular formula is C26H23ClO3. The van der Waals surface area contributed by atoms with E-state index in [1.54, 1.807) is 13.0 Å². The predicted octanol–water partition coefficient (Wildman–Crippen LogP) is 7.20. The van der Waals surface area contributed by atoms with Crippen molar-refractivity contribution in [3.63, 3.8) is 0 Å². The minimum atomic E-state index is -0.433. The Morgan fingerprint density at radius 1 is 1.07 bits per heavy atom. The van der Waals surface area contributed by atoms with E-state index in [2.05, 4.69) is 19.6 Å². The van der Waals surface area contributed by atoms with Crippen LogP contribution < -0.4 is 9.47 Å². The Bertz CT molecular complexity index is 1180. The lowest BCUT2D eigenvalue weighted by Crippen LogP contribution is -2.14. The average Bonchev–Trinajstić information content (AvgIpc) is 2.76. The molecule has 1 aliphatic rings. The van der Waals surface area contributed by atoms with Gasteiger partial charge in [-0.3, -0.25) is 0 Å². The van der Waals surface area contributed by atoms with Gasteiger partial charge in [-0.05, 0) is 56.5 Å². The number of halogens is 1. The van der Waals surface area contributed by atoms with Crippen LogP contribution in [0.25, 0.3) is 10.8 Å². The number of hydrogen-bond donors (Lipinski definition) is 0. The number of carbonyl (C=O) groups excluding carboxylic acids is 1. The first-order valence-electron chi connectivity index (χ1n) is 10.0. The van der Waals surface area contributed by atoms with Gasteiger partial charge in [-0.25, -0.2) is 4.79 Å². The molecule has 0 aromatic heterocycles. The Morgan fingerprint density at radius 2 is 1.83 bits per heavy atom. The molecule has 0 bridgehead atoms. The molecule has 0 N–H and O–H groups in total. The number of fused-ring (bicyclic) bond motifs is 2. The van der Waals surface area contributed by atoms with Crippen molar-refractivity contribution in [3.8, 4) is 17.2 Å². The number of allylic oxidation sites excluding steroid dienone is 2. The molecule has 0 atom stereocenters. The van der Waals surface area contributed by atoms with Crippen molar-refractivity contribution >= 4 is 28.3 Å². The molecule has 0 saturated carbocycles. The molecule has 0 radical (unpaired) electrons. The highest BCUT2D eigenvalue weighted by atomic mass is 35.5. The normalized spacial score (nSPS) is 12.8. The summed E-state index contributed by atoms with van der Waals surface area (Å²) in [4.78, 5) is 12.4. The largest absolute Gasteiger partial charge is 0.456 e. The fourth-order valence-electron chi connectivity index (χ4n) is 3.74. The van der Waals surface area contributed by atoms with E-state index in [1.807, 2.05) is 42.5 Å². The summed E-state index contributed by atoms with van der Waals surface area (Å²) in [5.41, 5.74) is 3.69. The van der Waals surface area contributed by atoms with Crippen molar-refractivity contribution in [1.82, 2.24) is 0 Å². The highest BCUT2D eigenvalue weighted by Gasteiger charge is 2.26. The van der Waals surface area contributed by atoms with Crippen LogP contribution in [-0.4, -0.2) is 5.97 Å². The SMILES string of the molecule is C=C(C)C(=O)Oc1c2c(c(Oc3ccccc3)c3cc(Cl)ccc13)CC=C(CC)C2. The molecule has 3 nitrogen and oxygen atoms in total. The second-order valence-corrected chi connectivity index (χ2v) is 7.92. The van der Waals surface area contributed by atoms with E-state index >= 15 is 0 Å². The minimum Gasteiger partial charge on any atom is -0.456 e. The van der Waals surface area contributed by atoms with Crippen LogP contribution in [0.2, 0.25) is 5.02 Å². The molecule has 30 heavy (non-hydrogen) atoms. The number of benzene rings is 3. The molecular weight excluding hydrogens is 396 g/mol. The first-order chi connectivity index (χ1) is 14.5. The van der Waals surface area contributed by atoms with Crippen LogP contribution in [-0.2, 0) is 17.6 Å². The van der Waals surface area contributed by atoms with Gasteiger partial charge >= 0.3 is 5.97 Å². The summed E-state index contributed by atoms with van der Waals surface area (Å²) in [5.74, 6) is 1.65. The maximum absolute atomic E-state index is 12.4. The highest BCUT2D eigenvalue weighted by molar-refractivity contribution is 6.31. The average molecular weight is 419 g/mol. The van der Waals surface area contributed by atoms with Crippen LogP contribution in [0.5, 0.6) is 17.2 Å². The zero-order valence-corrected chi connectivity index (χ0v) is 17.9. The topological polar surface area (TPSA) is 35.5 Å². The van der Waals surface area contributed by atoms with Crippen LogP contribution in [0.15, 0.2) is 72.3 Å². The van der Waals surface area contributed by atoms with Crippen molar-refractivity contribution in [2.75, 3.05) is 0 Å². The zero-order valence-electron chi connectivity index (χ0n) is 17.1. The maximum Gasteiger partial charge on any atom is 0.338 e. The summed E-state index contributed by atoms with van der Waals surface area (Å²) < 4.78 is 12.2. The summed E-state index contributed by atoms with van der Waals surface area (Å²) in [5, 5.41) is 2.22. The lowest BCUT2D eigenvalue weighted by molar-refractivity contribution is -0.130. The van der Waals surface area contributed by atoms with Gasteiger partial charge in [0.15, 0.2) is 0 Å². The van der Waals surface area contributed by atoms with Gasteiger partial charge in [0.1, 0.15) is 17.2 Å². The molecule has 3 aromatic carbocycles. The second kappa shape index (κ2) is 8.37. The molecule has 4 heteroatoms. The Balaban J connectivity index is 1.99. The predicted molar refractivity (Wildman–Crippen MR) is 122 cm³/mol. The molecule has 0 amide bonds. The van der Waals surface area contributed by atoms with Crippen molar-refractivity contribution in [3.05, 3.63) is 88.5 Å². The van der Waals surface area contributed by atoms with Crippen molar-refractivity contribution < 1.29 is 14.3 Å². The first-order valence-corrected chi connectivity index (χ1v) is 10.4. The third kappa shape index (κ3) is 3.86. The van der Waals surface area contributed by atoms with Crippen molar-refractivity contribution in [2.24, 2.45) is 0 Å². The molecule has 0 aliphatic heterocycles. The highest BCUT2D eigenvalue weighted by Crippen LogP contribution is 2.46. The van der Waals surface area contributed by atoms with Crippen LogP contribution in [0, 0.1) is 0 Å². The summed E-state index contributed by atoms with van der Waals surface area (Å²) in [7, 11) is 0. The number of rotatable bonds is 5. The van der Waals surface area contributed by atoms with Gasteiger partial charge in [0.25, 0.3) is 0 Å². The third-order valence-corrected chi connectivity index (χ3v) is 5.58. The van der Waals surface area contributed by atoms with Gasteiger partial charge in [-0.2, -0.15) is 0 Å². The van der Waals surface area contributed by atoms with Crippen molar-refractivity contribution in [2.45, 2.75) is 33.1 Å². The molecule has 1 aliphatic carbocycles. The number of hydrogen-bond acceptors (Lipinski definition) is 3. The fourth-order valence-corrected chi connectivity index (χ4v) is 3.91. The standard InChI is InChI=1S/C26H23ClO3/c1-4-17-10-12-20-22(14-17)25(30-26(28)16(2)3)21-13-11-18(27)15-23(21)24(20)29-19-8-6-5-7-9-19/h5-11,13,15H,2,4,12,14H2,1,3H3. The second-order valence-electron chi connectivity index (χ2n) is 7.49. The van der Waals surface area contributed by atoms with E-state index in [9.17, 15) is 4.79 Å². The zero-order chi connectivity index (χ0) is 21.3. The van der Waals surface area contributed by atoms with Gasteiger partial charge < -0.3 is 9.47 Å². The van der Waals surface area contributed by atoms with E-state index in [0.29, 0.717) is 29.2 Å². The first kappa shape index (κ1) is 20.2. The van der Waals surface area contributed by atoms with Gasteiger partial charge in [0.05, 0.1) is 0 Å². The van der Waals surface area contributed by atoms with E-state index in [1.165, 1.54) is 5.57 Å². The van der Waals surface area contributed by atoms with E-state index in [-0.39, 0.29) is 0 Å². The third-order valence-electron chi connectivity index (χ3n) is 5.34. The number of carbonyl (C=O) groups is 1. The number of esters is 1. The van der Waals surface area contributed by atoms with Crippen LogP contribution >= 0.6 is 11.6 Å². The van der Waals surface area contributed by atoms with Gasteiger partial charge in [0.2, 0.25) is 0 Å². The fraction of sp³-hybridized carbons (Fsp3) is 0.192. The van der Waals surface area contributed by atoms with Gasteiger partial charge in [-0.1, -0.05) is 55.0 Å². The molecule has 4 rings (SSSR count). The Labute approximate surface area is 181 Å². The summed E-state index contributed by atoms with van der Waals surface area (Å²) in [6, 6.07) is 15.2. The lowest BCUT2D eigenvalue weighted by Gasteiger charge is -2.25. The van der Waals surface area contributed by atoms with Crippen LogP contribution in [0.1, 0.15) is 31.4 Å². The van der Waals surface area contributed by atoms with E-state index in [4.69, 9.17) is 21.1 Å². The smallest absolute Gasteiger partial charge is 0.338 e. The van der Waals surface area contributed by atoms with E-state index in [0.717, 1.165) is 39.8 Å². The molecule has 0 fully saturated rings. The molecule has 3 aromatic rings. The lowest BCUT2D eigenvalue weighted by atomic mass is 9.86. The van der Waals surface area contributed by atoms with Crippen LogP contribution in [0.3, 0.4) is 0 Å². The molecule has 0 saturated heterocycles.